The molecule has 3 nitrogen and oxygen atoms in total. The van der Waals surface area contributed by atoms with Crippen LogP contribution >= 0.6 is 22.9 Å². The Balaban J connectivity index is 0.000000336. The quantitative estimate of drug-likeness (QED) is 0.692. The minimum absolute atomic E-state index is 0.942. The van der Waals surface area contributed by atoms with Crippen LogP contribution in [0.1, 0.15) is 13.8 Å². The number of benzene rings is 1. The molecule has 0 amide bonds. The molecule has 64 valence electrons. The molecule has 4 heteroatoms. The fourth-order valence-electron chi connectivity index (χ4n) is 0.833. The number of fused-ring (bicyclic) bond motifs is 1. The Kier molecular flexibility index (Phi) is 3.46. The van der Waals surface area contributed by atoms with E-state index in [4.69, 9.17) is 0 Å². The highest BCUT2D eigenvalue weighted by Crippen LogP contribution is 2.07. The predicted molar refractivity (Wildman–Crippen MR) is 58.3 cm³/mol. The van der Waals surface area contributed by atoms with Crippen molar-refractivity contribution in [3.8, 4) is 0 Å². The lowest BCUT2D eigenvalue weighted by atomic mass is 10.3. The van der Waals surface area contributed by atoms with Crippen molar-refractivity contribution in [1.82, 2.24) is 13.2 Å². The Bertz CT molecular complexity index is 323. The van der Waals surface area contributed by atoms with Gasteiger partial charge in [0.15, 0.2) is 0 Å². The lowest BCUT2D eigenvalue weighted by Crippen LogP contribution is -1.80. The van der Waals surface area contributed by atoms with Gasteiger partial charge in [-0.2, -0.15) is 0 Å². The molecule has 0 bridgehead atoms. The van der Waals surface area contributed by atoms with Crippen molar-refractivity contribution in [2.75, 3.05) is 0 Å². The summed E-state index contributed by atoms with van der Waals surface area (Å²) in [6, 6.07) is 7.79. The molecule has 0 saturated carbocycles. The summed E-state index contributed by atoms with van der Waals surface area (Å²) in [6.07, 6.45) is 0. The van der Waals surface area contributed by atoms with Gasteiger partial charge in [0.25, 0.3) is 0 Å². The molecule has 0 fully saturated rings. The van der Waals surface area contributed by atoms with Crippen LogP contribution in [-0.4, -0.2) is 13.2 Å². The molecule has 0 aliphatic rings. The van der Waals surface area contributed by atoms with E-state index in [1.165, 1.54) is 0 Å². The Morgan fingerprint density at radius 1 is 1.08 bits per heavy atom. The molecule has 1 aromatic heterocycles. The third-order valence-corrected chi connectivity index (χ3v) is 1.69. The molecule has 0 radical (unpaired) electrons. The zero-order valence-electron chi connectivity index (χ0n) is 7.03. The number of nitrogens with zero attached hydrogens (tertiary/aromatic N) is 3. The summed E-state index contributed by atoms with van der Waals surface area (Å²) in [5, 5.41) is 8.21. The smallest absolute Gasteiger partial charge is 0.114 e. The second-order valence-corrected chi connectivity index (χ2v) is 2.79. The van der Waals surface area contributed by atoms with E-state index < -0.39 is 0 Å². The third kappa shape index (κ3) is 1.94. The van der Waals surface area contributed by atoms with Gasteiger partial charge in [0.05, 0.1) is 0 Å². The van der Waals surface area contributed by atoms with Gasteiger partial charge in [0.2, 0.25) is 0 Å². The summed E-state index contributed by atoms with van der Waals surface area (Å²) in [5.74, 6) is 0. The van der Waals surface area contributed by atoms with Crippen LogP contribution in [0.15, 0.2) is 24.3 Å². The van der Waals surface area contributed by atoms with E-state index >= 15 is 0 Å². The van der Waals surface area contributed by atoms with Gasteiger partial charge in [-0.15, -0.1) is 13.2 Å². The summed E-state index contributed by atoms with van der Waals surface area (Å²) in [4.78, 5) is 0. The molecule has 12 heavy (non-hydrogen) atoms. The van der Waals surface area contributed by atoms with Gasteiger partial charge in [-0.05, 0) is 12.1 Å². The highest BCUT2D eigenvalue weighted by molar-refractivity contribution is 14.1. The minimum Gasteiger partial charge on any atom is -0.143 e. The first-order chi connectivity index (χ1) is 5.86. The second-order valence-electron chi connectivity index (χ2n) is 1.93. The van der Waals surface area contributed by atoms with Gasteiger partial charge in [0, 0.05) is 0 Å². The van der Waals surface area contributed by atoms with Crippen molar-refractivity contribution in [3.05, 3.63) is 24.3 Å². The zero-order chi connectivity index (χ0) is 8.97. The normalized spacial score (nSPS) is 9.25. The van der Waals surface area contributed by atoms with Crippen molar-refractivity contribution >= 4 is 33.9 Å². The van der Waals surface area contributed by atoms with Crippen molar-refractivity contribution in [3.63, 3.8) is 0 Å². The maximum absolute atomic E-state index is 4.11. The number of rotatable bonds is 0. The fraction of sp³-hybridized carbons (Fsp3) is 0.250. The molecule has 0 spiro atoms. The number of aromatic nitrogens is 3. The standard InChI is InChI=1S/C6H4IN3.C2H6/c7-10-8-5-3-1-2-4-6(5)9-10;1-2/h1-4H;1-2H3. The van der Waals surface area contributed by atoms with Gasteiger partial charge >= 0.3 is 0 Å². The van der Waals surface area contributed by atoms with E-state index in [1.54, 1.807) is 3.01 Å². The molecule has 0 N–H and O–H groups in total. The summed E-state index contributed by atoms with van der Waals surface area (Å²) in [5.41, 5.74) is 1.88. The van der Waals surface area contributed by atoms with Crippen LogP contribution in [-0.2, 0) is 0 Å². The van der Waals surface area contributed by atoms with Crippen LogP contribution in [0.5, 0.6) is 0 Å². The third-order valence-electron chi connectivity index (χ3n) is 1.26. The maximum Gasteiger partial charge on any atom is 0.114 e. The van der Waals surface area contributed by atoms with E-state index in [1.807, 2.05) is 61.0 Å². The average Bonchev–Trinajstić information content (AvgIpc) is 2.48. The van der Waals surface area contributed by atoms with Crippen molar-refractivity contribution in [1.29, 1.82) is 0 Å². The lowest BCUT2D eigenvalue weighted by Gasteiger charge is -1.77. The molecule has 2 rings (SSSR count). The first-order valence-electron chi connectivity index (χ1n) is 3.84. The Morgan fingerprint density at radius 2 is 1.50 bits per heavy atom. The lowest BCUT2D eigenvalue weighted by molar-refractivity contribution is 0.924. The molecule has 0 atom stereocenters. The largest absolute Gasteiger partial charge is 0.143 e. The summed E-state index contributed by atoms with van der Waals surface area (Å²) < 4.78 is 1.54. The van der Waals surface area contributed by atoms with Gasteiger partial charge in [-0.25, -0.2) is 0 Å². The SMILES string of the molecule is CC.In1nc2ccccc2n1. The van der Waals surface area contributed by atoms with E-state index in [2.05, 4.69) is 10.2 Å². The number of halogens is 1. The molecule has 1 heterocycles. The first kappa shape index (κ1) is 9.44. The first-order valence-corrected chi connectivity index (χ1v) is 4.81. The predicted octanol–water partition coefficient (Wildman–Crippen LogP) is 2.66. The van der Waals surface area contributed by atoms with Crippen LogP contribution in [0.2, 0.25) is 0 Å². The van der Waals surface area contributed by atoms with E-state index in [0.717, 1.165) is 11.0 Å². The Hall–Kier alpha value is -0.650. The van der Waals surface area contributed by atoms with Crippen LogP contribution in [0.3, 0.4) is 0 Å². The van der Waals surface area contributed by atoms with Crippen LogP contribution < -0.4 is 0 Å². The van der Waals surface area contributed by atoms with Crippen LogP contribution in [0.25, 0.3) is 11.0 Å². The highest BCUT2D eigenvalue weighted by atomic mass is 127. The molecular formula is C8H10IN3. The monoisotopic (exact) mass is 275 g/mol. The number of hydrogen-bond acceptors (Lipinski definition) is 2. The average molecular weight is 275 g/mol. The molecule has 0 aliphatic carbocycles. The van der Waals surface area contributed by atoms with Gasteiger partial charge in [-0.1, -0.05) is 26.0 Å². The van der Waals surface area contributed by atoms with Crippen molar-refractivity contribution in [2.24, 2.45) is 0 Å². The zero-order valence-corrected chi connectivity index (χ0v) is 9.19. The molecule has 2 aromatic rings. The Morgan fingerprint density at radius 3 is 1.92 bits per heavy atom. The van der Waals surface area contributed by atoms with E-state index in [0.29, 0.717) is 0 Å². The summed E-state index contributed by atoms with van der Waals surface area (Å²) in [7, 11) is 0. The van der Waals surface area contributed by atoms with Gasteiger partial charge in [-0.3, -0.25) is 0 Å². The van der Waals surface area contributed by atoms with Crippen LogP contribution in [0, 0.1) is 0 Å². The van der Waals surface area contributed by atoms with Crippen molar-refractivity contribution in [2.45, 2.75) is 13.8 Å². The van der Waals surface area contributed by atoms with E-state index in [9.17, 15) is 0 Å². The topological polar surface area (TPSA) is 30.7 Å². The minimum atomic E-state index is 0.942. The highest BCUT2D eigenvalue weighted by Gasteiger charge is 1.95. The molecule has 1 aromatic carbocycles. The molecular weight excluding hydrogens is 265 g/mol. The Labute approximate surface area is 85.3 Å². The summed E-state index contributed by atoms with van der Waals surface area (Å²) >= 11 is 2.03. The second kappa shape index (κ2) is 4.39. The van der Waals surface area contributed by atoms with Crippen molar-refractivity contribution < 1.29 is 0 Å². The molecule has 0 unspecified atom stereocenters. The summed E-state index contributed by atoms with van der Waals surface area (Å²) in [6.45, 7) is 4.00. The molecule has 0 saturated heterocycles. The molecule has 0 aliphatic heterocycles. The van der Waals surface area contributed by atoms with Crippen LogP contribution in [0.4, 0.5) is 0 Å². The number of hydrogen-bond donors (Lipinski definition) is 0. The van der Waals surface area contributed by atoms with E-state index in [-0.39, 0.29) is 0 Å². The van der Waals surface area contributed by atoms with Gasteiger partial charge in [0.1, 0.15) is 33.9 Å². The van der Waals surface area contributed by atoms with Gasteiger partial charge < -0.3 is 0 Å². The maximum atomic E-state index is 4.11. The fourth-order valence-corrected chi connectivity index (χ4v) is 1.30.